The van der Waals surface area contributed by atoms with E-state index in [0.717, 1.165) is 23.4 Å². The Morgan fingerprint density at radius 2 is 1.97 bits per heavy atom. The van der Waals surface area contributed by atoms with Gasteiger partial charge in [-0.05, 0) is 50.1 Å². The van der Waals surface area contributed by atoms with Gasteiger partial charge in [-0.15, -0.1) is 10.2 Å². The van der Waals surface area contributed by atoms with Gasteiger partial charge in [0.05, 0.1) is 0 Å². The molecule has 3 aromatic rings. The number of nitrogens with zero attached hydrogens (tertiary/aromatic N) is 3. The maximum atomic E-state index is 13.3. The number of carbonyl (C=O) groups excluding carboxylic acids is 2. The molecule has 2 heterocycles. The van der Waals surface area contributed by atoms with E-state index in [2.05, 4.69) is 15.5 Å². The molecule has 154 valence electrons. The molecular weight excluding hydrogens is 403 g/mol. The van der Waals surface area contributed by atoms with Gasteiger partial charge >= 0.3 is 0 Å². The molecule has 30 heavy (non-hydrogen) atoms. The molecule has 1 aromatic heterocycles. The molecule has 1 fully saturated rings. The summed E-state index contributed by atoms with van der Waals surface area (Å²) in [5, 5.41) is 11.8. The van der Waals surface area contributed by atoms with Crippen LogP contribution < -0.4 is 5.32 Å². The van der Waals surface area contributed by atoms with Crippen LogP contribution in [0.15, 0.2) is 48.5 Å². The highest BCUT2D eigenvalue weighted by Crippen LogP contribution is 2.30. The number of carbonyl (C=O) groups is 2. The summed E-state index contributed by atoms with van der Waals surface area (Å²) in [6.45, 7) is 3.24. The van der Waals surface area contributed by atoms with Crippen LogP contribution in [-0.4, -0.2) is 40.0 Å². The minimum absolute atomic E-state index is 0.00767. The second-order valence-corrected chi connectivity index (χ2v) is 8.38. The average Bonchev–Trinajstić information content (AvgIpc) is 3.24. The van der Waals surface area contributed by atoms with Crippen molar-refractivity contribution in [3.05, 3.63) is 75.5 Å². The third-order valence-electron chi connectivity index (χ3n) is 5.07. The summed E-state index contributed by atoms with van der Waals surface area (Å²) in [5.74, 6) is -0.798. The van der Waals surface area contributed by atoms with Gasteiger partial charge in [0.1, 0.15) is 10.8 Å². The monoisotopic (exact) mass is 424 g/mol. The molecule has 8 heteroatoms. The summed E-state index contributed by atoms with van der Waals surface area (Å²) in [6, 6.07) is 13.3. The number of nitrogens with one attached hydrogen (secondary N) is 1. The van der Waals surface area contributed by atoms with E-state index in [9.17, 15) is 14.0 Å². The van der Waals surface area contributed by atoms with Gasteiger partial charge in [0, 0.05) is 30.3 Å². The summed E-state index contributed by atoms with van der Waals surface area (Å²) in [4.78, 5) is 27.1. The fourth-order valence-electron chi connectivity index (χ4n) is 3.48. The van der Waals surface area contributed by atoms with Gasteiger partial charge in [-0.25, -0.2) is 4.39 Å². The molecule has 1 aliphatic heterocycles. The van der Waals surface area contributed by atoms with Crippen molar-refractivity contribution in [3.63, 3.8) is 0 Å². The van der Waals surface area contributed by atoms with Crippen LogP contribution in [-0.2, 0) is 0 Å². The lowest BCUT2D eigenvalue weighted by Crippen LogP contribution is -2.39. The molecule has 0 bridgehead atoms. The second-order valence-electron chi connectivity index (χ2n) is 7.37. The van der Waals surface area contributed by atoms with Crippen molar-refractivity contribution in [3.8, 4) is 0 Å². The highest BCUT2D eigenvalue weighted by Gasteiger charge is 2.28. The standard InChI is InChI=1S/C22H21FN4O2S/c1-14-7-9-15(10-8-14)22(29)27-11-3-4-16(13-27)20-25-26-21(30-20)19(28)24-18-6-2-5-17(23)12-18/h2,5-10,12,16H,3-4,11,13H2,1H3,(H,24,28)/t16-/m0/s1. The van der Waals surface area contributed by atoms with Crippen molar-refractivity contribution in [2.75, 3.05) is 18.4 Å². The second kappa shape index (κ2) is 8.71. The molecule has 1 N–H and O–H groups in total. The molecular formula is C22H21FN4O2S. The zero-order chi connectivity index (χ0) is 21.1. The summed E-state index contributed by atoms with van der Waals surface area (Å²) in [5.41, 5.74) is 2.15. The summed E-state index contributed by atoms with van der Waals surface area (Å²) in [7, 11) is 0. The highest BCUT2D eigenvalue weighted by atomic mass is 32.1. The van der Waals surface area contributed by atoms with Gasteiger partial charge in [0.25, 0.3) is 11.8 Å². The molecule has 2 amide bonds. The number of likely N-dealkylation sites (tertiary alicyclic amines) is 1. The van der Waals surface area contributed by atoms with E-state index in [-0.39, 0.29) is 16.8 Å². The SMILES string of the molecule is Cc1ccc(C(=O)N2CCC[C@H](c3nnc(C(=O)Nc4cccc(F)c4)s3)C2)cc1. The fraction of sp³-hybridized carbons (Fsp3) is 0.273. The average molecular weight is 425 g/mol. The molecule has 0 aliphatic carbocycles. The predicted octanol–water partition coefficient (Wildman–Crippen LogP) is 4.26. The first-order chi connectivity index (χ1) is 14.5. The maximum absolute atomic E-state index is 13.3. The summed E-state index contributed by atoms with van der Waals surface area (Å²) < 4.78 is 13.3. The Hall–Kier alpha value is -3.13. The molecule has 0 spiro atoms. The molecule has 0 saturated carbocycles. The van der Waals surface area contributed by atoms with E-state index in [0.29, 0.717) is 24.3 Å². The van der Waals surface area contributed by atoms with Gasteiger partial charge in [0.15, 0.2) is 0 Å². The van der Waals surface area contributed by atoms with Crippen molar-refractivity contribution < 1.29 is 14.0 Å². The van der Waals surface area contributed by atoms with Crippen molar-refractivity contribution >= 4 is 28.8 Å². The van der Waals surface area contributed by atoms with Crippen molar-refractivity contribution in [2.24, 2.45) is 0 Å². The number of anilines is 1. The topological polar surface area (TPSA) is 75.2 Å². The minimum Gasteiger partial charge on any atom is -0.338 e. The Bertz CT molecular complexity index is 1070. The normalized spacial score (nSPS) is 16.3. The van der Waals surface area contributed by atoms with Gasteiger partial charge in [-0.3, -0.25) is 9.59 Å². The van der Waals surface area contributed by atoms with E-state index in [1.54, 1.807) is 6.07 Å². The Morgan fingerprint density at radius 3 is 2.73 bits per heavy atom. The number of aromatic nitrogens is 2. The Balaban J connectivity index is 1.43. The molecule has 4 rings (SSSR count). The lowest BCUT2D eigenvalue weighted by Gasteiger charge is -2.31. The van der Waals surface area contributed by atoms with Crippen molar-refractivity contribution in [1.29, 1.82) is 0 Å². The zero-order valence-electron chi connectivity index (χ0n) is 16.5. The molecule has 0 unspecified atom stereocenters. The largest absolute Gasteiger partial charge is 0.338 e. The van der Waals surface area contributed by atoms with Crippen LogP contribution in [0.25, 0.3) is 0 Å². The molecule has 1 saturated heterocycles. The van der Waals surface area contributed by atoms with E-state index in [1.807, 2.05) is 36.1 Å². The van der Waals surface area contributed by atoms with Crippen LogP contribution in [0.1, 0.15) is 49.5 Å². The molecule has 1 aliphatic rings. The van der Waals surface area contributed by atoms with Crippen LogP contribution in [0.4, 0.5) is 10.1 Å². The molecule has 6 nitrogen and oxygen atoms in total. The van der Waals surface area contributed by atoms with Gasteiger partial charge < -0.3 is 10.2 Å². The van der Waals surface area contributed by atoms with Crippen LogP contribution >= 0.6 is 11.3 Å². The number of benzene rings is 2. The Kier molecular flexibility index (Phi) is 5.85. The van der Waals surface area contributed by atoms with Crippen LogP contribution in [0.5, 0.6) is 0 Å². The first-order valence-corrected chi connectivity index (χ1v) is 10.6. The number of piperidine rings is 1. The number of amides is 2. The van der Waals surface area contributed by atoms with E-state index < -0.39 is 11.7 Å². The molecule has 0 radical (unpaired) electrons. The zero-order valence-corrected chi connectivity index (χ0v) is 17.3. The Labute approximate surface area is 177 Å². The first kappa shape index (κ1) is 20.2. The smallest absolute Gasteiger partial charge is 0.286 e. The number of rotatable bonds is 4. The van der Waals surface area contributed by atoms with Gasteiger partial charge in [-0.1, -0.05) is 35.1 Å². The van der Waals surface area contributed by atoms with Crippen LogP contribution in [0, 0.1) is 12.7 Å². The number of hydrogen-bond acceptors (Lipinski definition) is 5. The fourth-order valence-corrected chi connectivity index (χ4v) is 4.35. The van der Waals surface area contributed by atoms with Gasteiger partial charge in [0.2, 0.25) is 5.01 Å². The molecule has 1 atom stereocenters. The number of halogens is 1. The maximum Gasteiger partial charge on any atom is 0.286 e. The lowest BCUT2D eigenvalue weighted by molar-refractivity contribution is 0.0706. The first-order valence-electron chi connectivity index (χ1n) is 9.76. The predicted molar refractivity (Wildman–Crippen MR) is 113 cm³/mol. The van der Waals surface area contributed by atoms with Gasteiger partial charge in [-0.2, -0.15) is 0 Å². The summed E-state index contributed by atoms with van der Waals surface area (Å²) in [6.07, 6.45) is 1.75. The third kappa shape index (κ3) is 4.54. The quantitative estimate of drug-likeness (QED) is 0.679. The van der Waals surface area contributed by atoms with Crippen LogP contribution in [0.3, 0.4) is 0 Å². The number of aryl methyl sites for hydroxylation is 1. The lowest BCUT2D eigenvalue weighted by atomic mass is 9.98. The van der Waals surface area contributed by atoms with E-state index >= 15 is 0 Å². The van der Waals surface area contributed by atoms with E-state index in [1.165, 1.54) is 29.5 Å². The third-order valence-corrected chi connectivity index (χ3v) is 6.16. The minimum atomic E-state index is -0.425. The molecule has 2 aromatic carbocycles. The highest BCUT2D eigenvalue weighted by molar-refractivity contribution is 7.13. The summed E-state index contributed by atoms with van der Waals surface area (Å²) >= 11 is 1.22. The van der Waals surface area contributed by atoms with Crippen molar-refractivity contribution in [1.82, 2.24) is 15.1 Å². The number of hydrogen-bond donors (Lipinski definition) is 1. The Morgan fingerprint density at radius 1 is 1.17 bits per heavy atom. The van der Waals surface area contributed by atoms with Crippen molar-refractivity contribution in [2.45, 2.75) is 25.7 Å². The van der Waals surface area contributed by atoms with Crippen LogP contribution in [0.2, 0.25) is 0 Å². The van der Waals surface area contributed by atoms with E-state index in [4.69, 9.17) is 0 Å².